The minimum absolute atomic E-state index is 0.0929. The summed E-state index contributed by atoms with van der Waals surface area (Å²) in [5.41, 5.74) is 2.86. The third-order valence-electron chi connectivity index (χ3n) is 4.61. The van der Waals surface area contributed by atoms with E-state index in [1.807, 2.05) is 32.0 Å². The number of anilines is 1. The van der Waals surface area contributed by atoms with Crippen LogP contribution in [0, 0.1) is 6.92 Å². The molecule has 0 spiro atoms. The van der Waals surface area contributed by atoms with Crippen molar-refractivity contribution in [1.82, 2.24) is 19.2 Å². The Hall–Kier alpha value is -2.90. The summed E-state index contributed by atoms with van der Waals surface area (Å²) in [6, 6.07) is 8.76. The molecule has 1 aromatic carbocycles. The highest BCUT2D eigenvalue weighted by atomic mass is 35.5. The number of likely N-dealkylation sites (N-methyl/N-ethyl adjacent to an activating group) is 2. The number of amides is 2. The highest BCUT2D eigenvalue weighted by Crippen LogP contribution is 2.19. The fraction of sp³-hybridized carbons (Fsp3) is 0.286. The van der Waals surface area contributed by atoms with Crippen LogP contribution in [0.4, 0.5) is 5.69 Å². The van der Waals surface area contributed by atoms with E-state index in [4.69, 9.17) is 11.6 Å². The van der Waals surface area contributed by atoms with Crippen molar-refractivity contribution in [2.75, 3.05) is 39.5 Å². The van der Waals surface area contributed by atoms with E-state index in [2.05, 4.69) is 10.3 Å². The molecule has 1 N–H and O–H groups in total. The zero-order valence-electron chi connectivity index (χ0n) is 16.9. The minimum Gasteiger partial charge on any atom is -0.340 e. The lowest BCUT2D eigenvalue weighted by Gasteiger charge is -2.20. The van der Waals surface area contributed by atoms with Crippen molar-refractivity contribution in [3.8, 4) is 0 Å². The quantitative estimate of drug-likeness (QED) is 0.673. The van der Waals surface area contributed by atoms with Crippen molar-refractivity contribution < 1.29 is 9.59 Å². The Kier molecular flexibility index (Phi) is 6.20. The van der Waals surface area contributed by atoms with Crippen LogP contribution in [-0.2, 0) is 0 Å². The van der Waals surface area contributed by atoms with Gasteiger partial charge in [0, 0.05) is 43.8 Å². The molecule has 0 aliphatic heterocycles. The van der Waals surface area contributed by atoms with Crippen molar-refractivity contribution in [1.29, 1.82) is 0 Å². The maximum absolute atomic E-state index is 12.7. The number of rotatable bonds is 6. The number of nitrogens with one attached hydrogen (secondary N) is 1. The monoisotopic (exact) mass is 413 g/mol. The zero-order chi connectivity index (χ0) is 21.1. The van der Waals surface area contributed by atoms with Crippen LogP contribution < -0.4 is 5.32 Å². The number of benzene rings is 1. The van der Waals surface area contributed by atoms with Gasteiger partial charge in [0.1, 0.15) is 11.3 Å². The van der Waals surface area contributed by atoms with Gasteiger partial charge >= 0.3 is 0 Å². The van der Waals surface area contributed by atoms with Crippen LogP contribution in [0.25, 0.3) is 5.65 Å². The molecule has 0 bridgehead atoms. The molecule has 7 nitrogen and oxygen atoms in total. The highest BCUT2D eigenvalue weighted by Gasteiger charge is 2.16. The molecule has 3 rings (SSSR count). The smallest absolute Gasteiger partial charge is 0.275 e. The Bertz CT molecular complexity index is 1060. The molecule has 0 aliphatic rings. The van der Waals surface area contributed by atoms with Gasteiger partial charge in [-0.2, -0.15) is 0 Å². The van der Waals surface area contributed by atoms with E-state index in [1.54, 1.807) is 53.0 Å². The largest absolute Gasteiger partial charge is 0.340 e. The topological polar surface area (TPSA) is 70.0 Å². The molecule has 0 radical (unpaired) electrons. The number of fused-ring (bicyclic) bond motifs is 1. The summed E-state index contributed by atoms with van der Waals surface area (Å²) >= 11 is 5.98. The van der Waals surface area contributed by atoms with E-state index < -0.39 is 0 Å². The molecule has 2 heterocycles. The van der Waals surface area contributed by atoms with Crippen LogP contribution in [0.1, 0.15) is 26.4 Å². The number of carbonyl (C=O) groups excluding carboxylic acids is 2. The van der Waals surface area contributed by atoms with Gasteiger partial charge in [0.25, 0.3) is 11.8 Å². The molecule has 0 aliphatic carbocycles. The van der Waals surface area contributed by atoms with Crippen molar-refractivity contribution in [3.05, 3.63) is 64.6 Å². The minimum atomic E-state index is -0.349. The highest BCUT2D eigenvalue weighted by molar-refractivity contribution is 6.30. The number of aromatic nitrogens is 2. The van der Waals surface area contributed by atoms with E-state index in [1.165, 1.54) is 0 Å². The standard InChI is InChI=1S/C21H24ClN5O2/c1-14-5-6-15(21(29)26(4)10-9-25(2)3)11-17(14)24-20(28)18-13-27-12-16(22)7-8-19(27)23-18/h5-8,11-13H,9-10H2,1-4H3,(H,24,28). The van der Waals surface area contributed by atoms with Gasteiger partial charge in [-0.15, -0.1) is 0 Å². The summed E-state index contributed by atoms with van der Waals surface area (Å²) in [7, 11) is 5.70. The van der Waals surface area contributed by atoms with Crippen LogP contribution in [0.3, 0.4) is 0 Å². The number of halogens is 1. The van der Waals surface area contributed by atoms with E-state index in [0.717, 1.165) is 12.1 Å². The van der Waals surface area contributed by atoms with E-state index >= 15 is 0 Å². The van der Waals surface area contributed by atoms with E-state index in [9.17, 15) is 9.59 Å². The first kappa shape index (κ1) is 20.8. The van der Waals surface area contributed by atoms with Crippen LogP contribution in [0.15, 0.2) is 42.7 Å². The van der Waals surface area contributed by atoms with Gasteiger partial charge < -0.3 is 19.5 Å². The maximum atomic E-state index is 12.7. The van der Waals surface area contributed by atoms with Crippen LogP contribution in [0.2, 0.25) is 5.02 Å². The van der Waals surface area contributed by atoms with Gasteiger partial charge in [-0.05, 0) is 50.8 Å². The number of nitrogens with zero attached hydrogens (tertiary/aromatic N) is 4. The second-order valence-electron chi connectivity index (χ2n) is 7.25. The second kappa shape index (κ2) is 8.63. The zero-order valence-corrected chi connectivity index (χ0v) is 17.7. The third kappa shape index (κ3) is 4.93. The Morgan fingerprint density at radius 3 is 2.59 bits per heavy atom. The Balaban J connectivity index is 1.78. The van der Waals surface area contributed by atoms with Crippen LogP contribution in [-0.4, -0.2) is 65.2 Å². The molecule has 2 amide bonds. The lowest BCUT2D eigenvalue weighted by atomic mass is 10.1. The molecule has 0 atom stereocenters. The fourth-order valence-corrected chi connectivity index (χ4v) is 2.99. The summed E-state index contributed by atoms with van der Waals surface area (Å²) in [6.45, 7) is 3.27. The first-order chi connectivity index (χ1) is 13.7. The number of imidazole rings is 1. The van der Waals surface area contributed by atoms with Gasteiger partial charge in [0.2, 0.25) is 0 Å². The summed E-state index contributed by atoms with van der Waals surface area (Å²) in [4.78, 5) is 33.4. The number of pyridine rings is 1. The predicted octanol–water partition coefficient (Wildman–Crippen LogP) is 3.18. The first-order valence-electron chi connectivity index (χ1n) is 9.21. The molecule has 3 aromatic rings. The molecule has 152 valence electrons. The number of hydrogen-bond donors (Lipinski definition) is 1. The number of hydrogen-bond acceptors (Lipinski definition) is 4. The Morgan fingerprint density at radius 2 is 1.86 bits per heavy atom. The van der Waals surface area contributed by atoms with E-state index in [0.29, 0.717) is 28.5 Å². The molecule has 0 saturated carbocycles. The van der Waals surface area contributed by atoms with Gasteiger partial charge in [0.15, 0.2) is 0 Å². The molecule has 0 saturated heterocycles. The molecule has 0 unspecified atom stereocenters. The van der Waals surface area contributed by atoms with Crippen molar-refractivity contribution in [2.45, 2.75) is 6.92 Å². The van der Waals surface area contributed by atoms with E-state index in [-0.39, 0.29) is 17.5 Å². The number of carbonyl (C=O) groups is 2. The summed E-state index contributed by atoms with van der Waals surface area (Å²) in [5, 5.41) is 3.42. The molecule has 2 aromatic heterocycles. The average molecular weight is 414 g/mol. The van der Waals surface area contributed by atoms with Crippen molar-refractivity contribution >= 4 is 34.7 Å². The predicted molar refractivity (Wildman–Crippen MR) is 115 cm³/mol. The molecule has 0 fully saturated rings. The third-order valence-corrected chi connectivity index (χ3v) is 4.83. The van der Waals surface area contributed by atoms with Gasteiger partial charge in [-0.3, -0.25) is 9.59 Å². The van der Waals surface area contributed by atoms with Gasteiger partial charge in [-0.25, -0.2) is 4.98 Å². The Labute approximate surface area is 174 Å². The average Bonchev–Trinajstić information content (AvgIpc) is 3.10. The fourth-order valence-electron chi connectivity index (χ4n) is 2.82. The van der Waals surface area contributed by atoms with Crippen molar-refractivity contribution in [3.63, 3.8) is 0 Å². The lowest BCUT2D eigenvalue weighted by molar-refractivity contribution is 0.0786. The van der Waals surface area contributed by atoms with Gasteiger partial charge in [0.05, 0.1) is 5.02 Å². The maximum Gasteiger partial charge on any atom is 0.275 e. The van der Waals surface area contributed by atoms with Gasteiger partial charge in [-0.1, -0.05) is 17.7 Å². The first-order valence-corrected chi connectivity index (χ1v) is 9.59. The molecular weight excluding hydrogens is 390 g/mol. The SMILES string of the molecule is Cc1ccc(C(=O)N(C)CCN(C)C)cc1NC(=O)c1cn2cc(Cl)ccc2n1. The van der Waals surface area contributed by atoms with Crippen molar-refractivity contribution in [2.24, 2.45) is 0 Å². The molecule has 8 heteroatoms. The summed E-state index contributed by atoms with van der Waals surface area (Å²) in [5.74, 6) is -0.441. The molecular formula is C21H24ClN5O2. The number of aryl methyl sites for hydroxylation is 1. The summed E-state index contributed by atoms with van der Waals surface area (Å²) < 4.78 is 1.70. The lowest BCUT2D eigenvalue weighted by Crippen LogP contribution is -2.33. The second-order valence-corrected chi connectivity index (χ2v) is 7.69. The molecule has 29 heavy (non-hydrogen) atoms. The summed E-state index contributed by atoms with van der Waals surface area (Å²) in [6.07, 6.45) is 3.31. The van der Waals surface area contributed by atoms with Crippen LogP contribution >= 0.6 is 11.6 Å². The van der Waals surface area contributed by atoms with Crippen LogP contribution in [0.5, 0.6) is 0 Å². The normalized spacial score (nSPS) is 11.1. The Morgan fingerprint density at radius 1 is 1.10 bits per heavy atom.